The fraction of sp³-hybridized carbons (Fsp3) is 0.571. The van der Waals surface area contributed by atoms with Crippen molar-refractivity contribution >= 4 is 11.6 Å². The molecule has 0 aliphatic heterocycles. The van der Waals surface area contributed by atoms with Gasteiger partial charge in [-0.2, -0.15) is 0 Å². The van der Waals surface area contributed by atoms with Gasteiger partial charge in [-0.3, -0.25) is 0 Å². The standard InChI is InChI=1S/C14H20ClNO/c1-3-16-14(10-5-4-6-10)12-8-7-11(15)9-13(12)17-2/h7-10,14,16H,3-6H2,1-2H3. The Kier molecular flexibility index (Phi) is 4.30. The van der Waals surface area contributed by atoms with Gasteiger partial charge in [-0.15, -0.1) is 0 Å². The Labute approximate surface area is 108 Å². The van der Waals surface area contributed by atoms with Crippen molar-refractivity contribution in [3.05, 3.63) is 28.8 Å². The third-order valence-electron chi connectivity index (χ3n) is 3.58. The zero-order valence-electron chi connectivity index (χ0n) is 10.5. The number of ether oxygens (including phenoxy) is 1. The summed E-state index contributed by atoms with van der Waals surface area (Å²) in [5.41, 5.74) is 1.24. The van der Waals surface area contributed by atoms with Gasteiger partial charge in [0.2, 0.25) is 0 Å². The first-order valence-corrected chi connectivity index (χ1v) is 6.71. The lowest BCUT2D eigenvalue weighted by Gasteiger charge is -2.35. The zero-order valence-corrected chi connectivity index (χ0v) is 11.3. The number of halogens is 1. The minimum Gasteiger partial charge on any atom is -0.496 e. The number of rotatable bonds is 5. The summed E-state index contributed by atoms with van der Waals surface area (Å²) >= 11 is 6.00. The van der Waals surface area contributed by atoms with Gasteiger partial charge in [0.25, 0.3) is 0 Å². The Balaban J connectivity index is 2.27. The van der Waals surface area contributed by atoms with Crippen molar-refractivity contribution in [3.63, 3.8) is 0 Å². The molecule has 0 amide bonds. The van der Waals surface area contributed by atoms with E-state index in [0.29, 0.717) is 6.04 Å². The molecule has 0 bridgehead atoms. The second-order valence-electron chi connectivity index (χ2n) is 4.61. The Morgan fingerprint density at radius 2 is 2.24 bits per heavy atom. The highest BCUT2D eigenvalue weighted by Gasteiger charge is 2.29. The number of methoxy groups -OCH3 is 1. The Bertz CT molecular complexity index is 376. The molecule has 17 heavy (non-hydrogen) atoms. The predicted molar refractivity (Wildman–Crippen MR) is 71.8 cm³/mol. The molecule has 1 fully saturated rings. The lowest BCUT2D eigenvalue weighted by molar-refractivity contribution is 0.229. The van der Waals surface area contributed by atoms with Gasteiger partial charge in [0, 0.05) is 16.6 Å². The summed E-state index contributed by atoms with van der Waals surface area (Å²) in [6.45, 7) is 3.13. The van der Waals surface area contributed by atoms with Gasteiger partial charge in [0.1, 0.15) is 5.75 Å². The van der Waals surface area contributed by atoms with Crippen LogP contribution in [-0.4, -0.2) is 13.7 Å². The number of hydrogen-bond acceptors (Lipinski definition) is 2. The van der Waals surface area contributed by atoms with Gasteiger partial charge in [0.15, 0.2) is 0 Å². The van der Waals surface area contributed by atoms with E-state index in [2.05, 4.69) is 18.3 Å². The molecular formula is C14H20ClNO. The normalized spacial score (nSPS) is 17.6. The molecule has 1 aliphatic carbocycles. The SMILES string of the molecule is CCNC(c1ccc(Cl)cc1OC)C1CCC1. The lowest BCUT2D eigenvalue weighted by atomic mass is 9.77. The third kappa shape index (κ3) is 2.75. The van der Waals surface area contributed by atoms with Crippen molar-refractivity contribution < 1.29 is 4.74 Å². The summed E-state index contributed by atoms with van der Waals surface area (Å²) in [4.78, 5) is 0. The molecular weight excluding hydrogens is 234 g/mol. The molecule has 1 aromatic carbocycles. The quantitative estimate of drug-likeness (QED) is 0.862. The smallest absolute Gasteiger partial charge is 0.125 e. The highest BCUT2D eigenvalue weighted by Crippen LogP contribution is 2.41. The number of nitrogens with one attached hydrogen (secondary N) is 1. The molecule has 0 saturated heterocycles. The van der Waals surface area contributed by atoms with E-state index in [1.165, 1.54) is 24.8 Å². The van der Waals surface area contributed by atoms with Crippen LogP contribution in [0, 0.1) is 5.92 Å². The number of hydrogen-bond donors (Lipinski definition) is 1. The Hall–Kier alpha value is -0.730. The van der Waals surface area contributed by atoms with Crippen molar-refractivity contribution in [3.8, 4) is 5.75 Å². The lowest BCUT2D eigenvalue weighted by Crippen LogP contribution is -2.32. The topological polar surface area (TPSA) is 21.3 Å². The minimum absolute atomic E-state index is 0.404. The summed E-state index contributed by atoms with van der Waals surface area (Å²) in [7, 11) is 1.71. The van der Waals surface area contributed by atoms with Crippen LogP contribution in [0.1, 0.15) is 37.8 Å². The second-order valence-corrected chi connectivity index (χ2v) is 5.05. The molecule has 0 spiro atoms. The first-order valence-electron chi connectivity index (χ1n) is 6.33. The van der Waals surface area contributed by atoms with Gasteiger partial charge in [-0.05, 0) is 37.4 Å². The monoisotopic (exact) mass is 253 g/mol. The molecule has 0 aromatic heterocycles. The summed E-state index contributed by atoms with van der Waals surface area (Å²) in [6.07, 6.45) is 3.97. The molecule has 2 rings (SSSR count). The second kappa shape index (κ2) is 5.74. The van der Waals surface area contributed by atoms with E-state index >= 15 is 0 Å². The van der Waals surface area contributed by atoms with Gasteiger partial charge < -0.3 is 10.1 Å². The molecule has 3 heteroatoms. The molecule has 2 nitrogen and oxygen atoms in total. The van der Waals surface area contributed by atoms with E-state index in [9.17, 15) is 0 Å². The predicted octanol–water partition coefficient (Wildman–Crippen LogP) is 3.80. The van der Waals surface area contributed by atoms with E-state index in [4.69, 9.17) is 16.3 Å². The molecule has 1 aromatic rings. The highest BCUT2D eigenvalue weighted by molar-refractivity contribution is 6.30. The summed E-state index contributed by atoms with van der Waals surface area (Å²) < 4.78 is 5.45. The van der Waals surface area contributed by atoms with Crippen molar-refractivity contribution in [2.24, 2.45) is 5.92 Å². The molecule has 94 valence electrons. The summed E-state index contributed by atoms with van der Waals surface area (Å²) in [6, 6.07) is 6.34. The van der Waals surface area contributed by atoms with Gasteiger partial charge >= 0.3 is 0 Å². The van der Waals surface area contributed by atoms with E-state index in [-0.39, 0.29) is 0 Å². The molecule has 1 atom stereocenters. The molecule has 1 unspecified atom stereocenters. The van der Waals surface area contributed by atoms with Gasteiger partial charge in [-0.1, -0.05) is 31.0 Å². The van der Waals surface area contributed by atoms with E-state index in [1.54, 1.807) is 7.11 Å². The minimum atomic E-state index is 0.404. The summed E-state index contributed by atoms with van der Waals surface area (Å²) in [5, 5.41) is 4.30. The van der Waals surface area contributed by atoms with Crippen LogP contribution in [0.25, 0.3) is 0 Å². The number of benzene rings is 1. The molecule has 1 saturated carbocycles. The first kappa shape index (κ1) is 12.7. The fourth-order valence-electron chi connectivity index (χ4n) is 2.47. The Morgan fingerprint density at radius 3 is 2.76 bits per heavy atom. The highest BCUT2D eigenvalue weighted by atomic mass is 35.5. The van der Waals surface area contributed by atoms with Crippen molar-refractivity contribution in [1.29, 1.82) is 0 Å². The van der Waals surface area contributed by atoms with Crippen LogP contribution in [0.4, 0.5) is 0 Å². The molecule has 1 aliphatic rings. The summed E-state index contributed by atoms with van der Waals surface area (Å²) in [5.74, 6) is 1.64. The largest absolute Gasteiger partial charge is 0.496 e. The van der Waals surface area contributed by atoms with Crippen LogP contribution in [0.15, 0.2) is 18.2 Å². The van der Waals surface area contributed by atoms with Crippen LogP contribution in [-0.2, 0) is 0 Å². The van der Waals surface area contributed by atoms with Crippen LogP contribution in [0.5, 0.6) is 5.75 Å². The zero-order chi connectivity index (χ0) is 12.3. The maximum absolute atomic E-state index is 6.00. The van der Waals surface area contributed by atoms with Crippen molar-refractivity contribution in [1.82, 2.24) is 5.32 Å². The average Bonchev–Trinajstić information content (AvgIpc) is 2.26. The van der Waals surface area contributed by atoms with Crippen molar-refractivity contribution in [2.75, 3.05) is 13.7 Å². The average molecular weight is 254 g/mol. The van der Waals surface area contributed by atoms with Crippen LogP contribution >= 0.6 is 11.6 Å². The Morgan fingerprint density at radius 1 is 1.47 bits per heavy atom. The molecule has 1 N–H and O–H groups in total. The van der Waals surface area contributed by atoms with Crippen LogP contribution < -0.4 is 10.1 Å². The third-order valence-corrected chi connectivity index (χ3v) is 3.81. The van der Waals surface area contributed by atoms with Gasteiger partial charge in [-0.25, -0.2) is 0 Å². The first-order chi connectivity index (χ1) is 8.26. The van der Waals surface area contributed by atoms with Crippen LogP contribution in [0.3, 0.4) is 0 Å². The molecule has 0 radical (unpaired) electrons. The van der Waals surface area contributed by atoms with Crippen molar-refractivity contribution in [2.45, 2.75) is 32.2 Å². The van der Waals surface area contributed by atoms with E-state index < -0.39 is 0 Å². The fourth-order valence-corrected chi connectivity index (χ4v) is 2.63. The van der Waals surface area contributed by atoms with E-state index in [0.717, 1.165) is 23.2 Å². The van der Waals surface area contributed by atoms with E-state index in [1.807, 2.05) is 12.1 Å². The van der Waals surface area contributed by atoms with Gasteiger partial charge in [0.05, 0.1) is 7.11 Å². The molecule has 0 heterocycles. The maximum atomic E-state index is 6.00. The maximum Gasteiger partial charge on any atom is 0.125 e. The van der Waals surface area contributed by atoms with Crippen LogP contribution in [0.2, 0.25) is 5.02 Å².